The van der Waals surface area contributed by atoms with Crippen molar-refractivity contribution < 1.29 is 9.53 Å². The molecule has 2 aromatic carbocycles. The summed E-state index contributed by atoms with van der Waals surface area (Å²) in [6.45, 7) is 0.711. The van der Waals surface area contributed by atoms with Gasteiger partial charge in [-0.1, -0.05) is 36.4 Å². The van der Waals surface area contributed by atoms with Crippen molar-refractivity contribution in [1.29, 1.82) is 0 Å². The fraction of sp³-hybridized carbons (Fsp3) is 0.235. The summed E-state index contributed by atoms with van der Waals surface area (Å²) >= 11 is 0. The van der Waals surface area contributed by atoms with Crippen LogP contribution in [0.5, 0.6) is 5.75 Å². The number of rotatable bonds is 4. The van der Waals surface area contributed by atoms with Gasteiger partial charge in [-0.25, -0.2) is 0 Å². The molecule has 2 aromatic rings. The third kappa shape index (κ3) is 2.90. The molecule has 0 fully saturated rings. The van der Waals surface area contributed by atoms with Gasteiger partial charge in [0.05, 0.1) is 0 Å². The summed E-state index contributed by atoms with van der Waals surface area (Å²) in [7, 11) is 1.88. The van der Waals surface area contributed by atoms with Crippen molar-refractivity contribution in [3.8, 4) is 5.75 Å². The number of carbonyl (C=O) groups is 1. The molecule has 2 N–H and O–H groups in total. The lowest BCUT2D eigenvalue weighted by Crippen LogP contribution is -2.31. The van der Waals surface area contributed by atoms with Crippen LogP contribution in [0.25, 0.3) is 0 Å². The Morgan fingerprint density at radius 2 is 1.95 bits per heavy atom. The molecule has 0 radical (unpaired) electrons. The second-order valence-corrected chi connectivity index (χ2v) is 5.10. The molecule has 1 unspecified atom stereocenters. The molecule has 21 heavy (non-hydrogen) atoms. The number of ether oxygens (including phenoxy) is 1. The number of nitrogens with one attached hydrogen (secondary N) is 2. The molecule has 108 valence electrons. The summed E-state index contributed by atoms with van der Waals surface area (Å²) in [5.74, 6) is 0.705. The molecular weight excluding hydrogens is 264 g/mol. The van der Waals surface area contributed by atoms with Crippen molar-refractivity contribution in [1.82, 2.24) is 5.32 Å². The van der Waals surface area contributed by atoms with Crippen molar-refractivity contribution in [3.05, 3.63) is 59.7 Å². The predicted octanol–water partition coefficient (Wildman–Crippen LogP) is 2.35. The van der Waals surface area contributed by atoms with E-state index in [0.717, 1.165) is 22.6 Å². The van der Waals surface area contributed by atoms with Crippen LogP contribution in [0.2, 0.25) is 0 Å². The predicted molar refractivity (Wildman–Crippen MR) is 82.4 cm³/mol. The van der Waals surface area contributed by atoms with E-state index in [0.29, 0.717) is 13.0 Å². The van der Waals surface area contributed by atoms with E-state index in [1.165, 1.54) is 0 Å². The number of anilines is 1. The van der Waals surface area contributed by atoms with E-state index in [-0.39, 0.29) is 5.91 Å². The zero-order valence-electron chi connectivity index (χ0n) is 11.9. The first-order chi connectivity index (χ1) is 10.3. The molecule has 0 saturated heterocycles. The van der Waals surface area contributed by atoms with Crippen LogP contribution in [0, 0.1) is 0 Å². The lowest BCUT2D eigenvalue weighted by molar-refractivity contribution is -0.122. The monoisotopic (exact) mass is 282 g/mol. The Labute approximate surface area is 124 Å². The third-order valence-electron chi connectivity index (χ3n) is 3.58. The highest BCUT2D eigenvalue weighted by atomic mass is 16.5. The zero-order chi connectivity index (χ0) is 14.7. The minimum absolute atomic E-state index is 0.102. The first kappa shape index (κ1) is 13.6. The van der Waals surface area contributed by atoms with E-state index >= 15 is 0 Å². The van der Waals surface area contributed by atoms with Crippen LogP contribution in [0.15, 0.2) is 48.5 Å². The maximum absolute atomic E-state index is 12.4. The molecule has 1 aliphatic rings. The number of benzene rings is 2. The van der Waals surface area contributed by atoms with Gasteiger partial charge in [-0.15, -0.1) is 0 Å². The van der Waals surface area contributed by atoms with Crippen molar-refractivity contribution in [2.24, 2.45) is 0 Å². The number of hydrogen-bond acceptors (Lipinski definition) is 3. The Balaban J connectivity index is 1.71. The highest BCUT2D eigenvalue weighted by molar-refractivity contribution is 5.95. The Morgan fingerprint density at radius 3 is 2.76 bits per heavy atom. The smallest absolute Gasteiger partial charge is 0.265 e. The average Bonchev–Trinajstić information content (AvgIpc) is 2.93. The van der Waals surface area contributed by atoms with E-state index in [4.69, 9.17) is 4.74 Å². The van der Waals surface area contributed by atoms with E-state index in [9.17, 15) is 4.79 Å². The number of fused-ring (bicyclic) bond motifs is 1. The number of hydrogen-bond donors (Lipinski definition) is 2. The molecule has 0 aromatic heterocycles. The van der Waals surface area contributed by atoms with Gasteiger partial charge in [0.15, 0.2) is 6.10 Å². The molecule has 1 atom stereocenters. The fourth-order valence-corrected chi connectivity index (χ4v) is 2.53. The van der Waals surface area contributed by atoms with E-state index in [1.54, 1.807) is 0 Å². The Kier molecular flexibility index (Phi) is 3.88. The van der Waals surface area contributed by atoms with Gasteiger partial charge in [0.1, 0.15) is 5.75 Å². The van der Waals surface area contributed by atoms with Crippen LogP contribution < -0.4 is 15.4 Å². The van der Waals surface area contributed by atoms with E-state index in [1.807, 2.05) is 55.6 Å². The van der Waals surface area contributed by atoms with Crippen molar-refractivity contribution in [2.75, 3.05) is 12.4 Å². The molecule has 3 rings (SSSR count). The SMILES string of the molecule is CNCc1ccccc1NC(=O)C1Cc2ccccc2O1. The van der Waals surface area contributed by atoms with Crippen molar-refractivity contribution >= 4 is 11.6 Å². The fourth-order valence-electron chi connectivity index (χ4n) is 2.53. The quantitative estimate of drug-likeness (QED) is 0.905. The maximum Gasteiger partial charge on any atom is 0.265 e. The number of carbonyl (C=O) groups excluding carboxylic acids is 1. The minimum atomic E-state index is -0.454. The topological polar surface area (TPSA) is 50.4 Å². The Hall–Kier alpha value is -2.33. The van der Waals surface area contributed by atoms with Gasteiger partial charge in [0.25, 0.3) is 5.91 Å². The Bertz CT molecular complexity index is 630. The summed E-state index contributed by atoms with van der Waals surface area (Å²) in [6, 6.07) is 15.6. The lowest BCUT2D eigenvalue weighted by atomic mass is 10.1. The van der Waals surface area contributed by atoms with Crippen LogP contribution in [-0.4, -0.2) is 19.1 Å². The summed E-state index contributed by atoms with van der Waals surface area (Å²) in [5.41, 5.74) is 2.97. The molecular formula is C17H18N2O2. The summed E-state index contributed by atoms with van der Waals surface area (Å²) in [6.07, 6.45) is 0.168. The lowest BCUT2D eigenvalue weighted by Gasteiger charge is -2.14. The molecule has 0 saturated carbocycles. The minimum Gasteiger partial charge on any atom is -0.480 e. The molecule has 0 spiro atoms. The first-order valence-corrected chi connectivity index (χ1v) is 7.06. The van der Waals surface area contributed by atoms with E-state index < -0.39 is 6.10 Å². The largest absolute Gasteiger partial charge is 0.480 e. The van der Waals surface area contributed by atoms with Crippen LogP contribution in [0.4, 0.5) is 5.69 Å². The highest BCUT2D eigenvalue weighted by Crippen LogP contribution is 2.28. The van der Waals surface area contributed by atoms with Crippen LogP contribution >= 0.6 is 0 Å². The van der Waals surface area contributed by atoms with Gasteiger partial charge >= 0.3 is 0 Å². The Morgan fingerprint density at radius 1 is 1.19 bits per heavy atom. The number of para-hydroxylation sites is 2. The summed E-state index contributed by atoms with van der Waals surface area (Å²) in [4.78, 5) is 12.4. The van der Waals surface area contributed by atoms with Gasteiger partial charge in [-0.3, -0.25) is 4.79 Å². The molecule has 1 aliphatic heterocycles. The first-order valence-electron chi connectivity index (χ1n) is 7.06. The van der Waals surface area contributed by atoms with Gasteiger partial charge < -0.3 is 15.4 Å². The molecule has 4 heteroatoms. The van der Waals surface area contributed by atoms with Gasteiger partial charge in [0.2, 0.25) is 0 Å². The number of amides is 1. The molecule has 0 bridgehead atoms. The maximum atomic E-state index is 12.4. The normalized spacial score (nSPS) is 16.1. The van der Waals surface area contributed by atoms with Crippen LogP contribution in [0.1, 0.15) is 11.1 Å². The van der Waals surface area contributed by atoms with Gasteiger partial charge in [-0.05, 0) is 30.3 Å². The van der Waals surface area contributed by atoms with E-state index in [2.05, 4.69) is 10.6 Å². The van der Waals surface area contributed by atoms with Gasteiger partial charge in [0, 0.05) is 18.7 Å². The second-order valence-electron chi connectivity index (χ2n) is 5.10. The highest BCUT2D eigenvalue weighted by Gasteiger charge is 2.28. The third-order valence-corrected chi connectivity index (χ3v) is 3.58. The molecule has 1 heterocycles. The van der Waals surface area contributed by atoms with Crippen LogP contribution in [0.3, 0.4) is 0 Å². The molecule has 1 amide bonds. The van der Waals surface area contributed by atoms with Crippen LogP contribution in [-0.2, 0) is 17.8 Å². The molecule has 0 aliphatic carbocycles. The average molecular weight is 282 g/mol. The van der Waals surface area contributed by atoms with Gasteiger partial charge in [-0.2, -0.15) is 0 Å². The zero-order valence-corrected chi connectivity index (χ0v) is 11.9. The van der Waals surface area contributed by atoms with Crippen molar-refractivity contribution in [3.63, 3.8) is 0 Å². The molecule has 4 nitrogen and oxygen atoms in total. The van der Waals surface area contributed by atoms with Crippen molar-refractivity contribution in [2.45, 2.75) is 19.1 Å². The summed E-state index contributed by atoms with van der Waals surface area (Å²) in [5, 5.41) is 6.07. The second kappa shape index (κ2) is 5.97. The summed E-state index contributed by atoms with van der Waals surface area (Å²) < 4.78 is 5.71. The standard InChI is InChI=1S/C17H18N2O2/c1-18-11-13-7-2-4-8-14(13)19-17(20)16-10-12-6-3-5-9-15(12)21-16/h2-9,16,18H,10-11H2,1H3,(H,19,20).